The Hall–Kier alpha value is -2.90. The van der Waals surface area contributed by atoms with Crippen molar-refractivity contribution in [2.45, 2.75) is 13.0 Å². The predicted molar refractivity (Wildman–Crippen MR) is 104 cm³/mol. The maximum absolute atomic E-state index is 13.7. The number of pyridine rings is 2. The van der Waals surface area contributed by atoms with Gasteiger partial charge in [-0.15, -0.1) is 0 Å². The number of anilines is 1. The molecule has 0 saturated carbocycles. The summed E-state index contributed by atoms with van der Waals surface area (Å²) >= 11 is 11.6. The van der Waals surface area contributed by atoms with E-state index in [1.807, 2.05) is 0 Å². The van der Waals surface area contributed by atoms with Crippen molar-refractivity contribution >= 4 is 34.9 Å². The van der Waals surface area contributed by atoms with E-state index in [2.05, 4.69) is 15.3 Å². The second-order valence-corrected chi connectivity index (χ2v) is 6.44. The summed E-state index contributed by atoms with van der Waals surface area (Å²) in [4.78, 5) is 20.0. The van der Waals surface area contributed by atoms with Crippen molar-refractivity contribution in [3.63, 3.8) is 0 Å². The molecule has 144 valence electrons. The van der Waals surface area contributed by atoms with Crippen LogP contribution in [0.2, 0.25) is 10.0 Å². The molecule has 0 aliphatic heterocycles. The number of carbonyl (C=O) groups is 1. The number of carbonyl (C=O) groups excluding carboxylic acids is 1. The molecule has 3 rings (SSSR count). The quantitative estimate of drug-likeness (QED) is 0.597. The van der Waals surface area contributed by atoms with Crippen molar-refractivity contribution < 1.29 is 18.7 Å². The Morgan fingerprint density at radius 1 is 1.14 bits per heavy atom. The lowest BCUT2D eigenvalue weighted by molar-refractivity contribution is -0.122. The van der Waals surface area contributed by atoms with Crippen LogP contribution in [0.3, 0.4) is 0 Å². The van der Waals surface area contributed by atoms with Crippen LogP contribution in [0.5, 0.6) is 17.4 Å². The van der Waals surface area contributed by atoms with E-state index in [9.17, 15) is 9.18 Å². The van der Waals surface area contributed by atoms with Gasteiger partial charge in [-0.1, -0.05) is 23.2 Å². The number of benzene rings is 1. The van der Waals surface area contributed by atoms with Crippen LogP contribution in [0.4, 0.5) is 10.2 Å². The maximum atomic E-state index is 13.7. The molecule has 0 radical (unpaired) electrons. The third kappa shape index (κ3) is 5.09. The Balaban J connectivity index is 1.60. The molecule has 0 aliphatic rings. The molecule has 1 amide bonds. The summed E-state index contributed by atoms with van der Waals surface area (Å²) in [6.07, 6.45) is 2.00. The van der Waals surface area contributed by atoms with Crippen LogP contribution in [0.25, 0.3) is 0 Å². The molecular formula is C19H14Cl2FN3O3. The summed E-state index contributed by atoms with van der Waals surface area (Å²) in [6.45, 7) is 1.59. The first-order valence-corrected chi connectivity index (χ1v) is 8.85. The van der Waals surface area contributed by atoms with E-state index in [0.717, 1.165) is 6.07 Å². The minimum atomic E-state index is -0.805. The molecule has 3 aromatic rings. The van der Waals surface area contributed by atoms with Crippen molar-refractivity contribution in [3.8, 4) is 17.4 Å². The second kappa shape index (κ2) is 8.86. The monoisotopic (exact) mass is 421 g/mol. The predicted octanol–water partition coefficient (Wildman–Crippen LogP) is 5.12. The van der Waals surface area contributed by atoms with Crippen LogP contribution in [-0.4, -0.2) is 22.0 Å². The Labute approximate surface area is 170 Å². The van der Waals surface area contributed by atoms with Crippen LogP contribution in [-0.2, 0) is 4.79 Å². The van der Waals surface area contributed by atoms with Gasteiger partial charge in [0, 0.05) is 12.4 Å². The Morgan fingerprint density at radius 3 is 2.54 bits per heavy atom. The number of ether oxygens (including phenoxy) is 2. The van der Waals surface area contributed by atoms with Gasteiger partial charge in [0.25, 0.3) is 11.8 Å². The van der Waals surface area contributed by atoms with Gasteiger partial charge in [0.1, 0.15) is 11.5 Å². The van der Waals surface area contributed by atoms with E-state index in [-0.39, 0.29) is 16.7 Å². The highest BCUT2D eigenvalue weighted by Crippen LogP contribution is 2.26. The van der Waals surface area contributed by atoms with Crippen LogP contribution in [0.1, 0.15) is 6.92 Å². The smallest absolute Gasteiger partial charge is 0.266 e. The zero-order chi connectivity index (χ0) is 20.1. The molecule has 0 saturated heterocycles. The number of nitrogens with zero attached hydrogens (tertiary/aromatic N) is 2. The van der Waals surface area contributed by atoms with Crippen molar-refractivity contribution in [3.05, 3.63) is 70.7 Å². The molecule has 1 N–H and O–H groups in total. The normalized spacial score (nSPS) is 11.6. The van der Waals surface area contributed by atoms with Crippen LogP contribution in [0.15, 0.2) is 54.9 Å². The average Bonchev–Trinajstić information content (AvgIpc) is 2.67. The van der Waals surface area contributed by atoms with E-state index in [1.165, 1.54) is 12.4 Å². The number of aromatic nitrogens is 2. The molecule has 0 spiro atoms. The minimum Gasteiger partial charge on any atom is -0.481 e. The molecule has 1 aromatic carbocycles. The molecule has 1 unspecified atom stereocenters. The Bertz CT molecular complexity index is 986. The summed E-state index contributed by atoms with van der Waals surface area (Å²) < 4.78 is 24.7. The molecule has 0 fully saturated rings. The summed E-state index contributed by atoms with van der Waals surface area (Å²) in [5, 5.41) is 3.09. The van der Waals surface area contributed by atoms with Gasteiger partial charge >= 0.3 is 0 Å². The van der Waals surface area contributed by atoms with Gasteiger partial charge in [-0.2, -0.15) is 0 Å². The van der Waals surface area contributed by atoms with Gasteiger partial charge in [0.2, 0.25) is 0 Å². The van der Waals surface area contributed by atoms with E-state index < -0.39 is 17.8 Å². The topological polar surface area (TPSA) is 73.3 Å². The molecule has 0 bridgehead atoms. The lowest BCUT2D eigenvalue weighted by Gasteiger charge is -2.15. The van der Waals surface area contributed by atoms with Crippen LogP contribution in [0, 0.1) is 5.82 Å². The second-order valence-electron chi connectivity index (χ2n) is 5.60. The van der Waals surface area contributed by atoms with Gasteiger partial charge in [-0.05, 0) is 49.4 Å². The van der Waals surface area contributed by atoms with Gasteiger partial charge in [0.15, 0.2) is 17.7 Å². The highest BCUT2D eigenvalue weighted by Gasteiger charge is 2.17. The van der Waals surface area contributed by atoms with Crippen LogP contribution >= 0.6 is 23.2 Å². The summed E-state index contributed by atoms with van der Waals surface area (Å²) in [5.41, 5.74) is 0. The molecule has 6 nitrogen and oxygen atoms in total. The van der Waals surface area contributed by atoms with Crippen molar-refractivity contribution in [1.82, 2.24) is 9.97 Å². The summed E-state index contributed by atoms with van der Waals surface area (Å²) in [7, 11) is 0. The SMILES string of the molecule is CC(Oc1ccc(Oc2ncc(Cl)cc2F)cc1)C(=O)Nc1ncccc1Cl. The first-order chi connectivity index (χ1) is 13.4. The number of nitrogens with one attached hydrogen (secondary N) is 1. The first-order valence-electron chi connectivity index (χ1n) is 8.09. The van der Waals surface area contributed by atoms with Crippen molar-refractivity contribution in [2.24, 2.45) is 0 Å². The largest absolute Gasteiger partial charge is 0.481 e. The van der Waals surface area contributed by atoms with Crippen molar-refractivity contribution in [1.29, 1.82) is 0 Å². The Morgan fingerprint density at radius 2 is 1.86 bits per heavy atom. The number of amides is 1. The van der Waals surface area contributed by atoms with Crippen molar-refractivity contribution in [2.75, 3.05) is 5.32 Å². The minimum absolute atomic E-state index is 0.174. The molecule has 2 aromatic heterocycles. The fraction of sp³-hybridized carbons (Fsp3) is 0.105. The molecule has 2 heterocycles. The number of hydrogen-bond acceptors (Lipinski definition) is 5. The maximum Gasteiger partial charge on any atom is 0.266 e. The Kier molecular flexibility index (Phi) is 6.28. The molecule has 1 atom stereocenters. The average molecular weight is 422 g/mol. The molecule has 0 aliphatic carbocycles. The van der Waals surface area contributed by atoms with Gasteiger partial charge in [0.05, 0.1) is 10.0 Å². The highest BCUT2D eigenvalue weighted by molar-refractivity contribution is 6.33. The highest BCUT2D eigenvalue weighted by atomic mass is 35.5. The van der Waals surface area contributed by atoms with E-state index >= 15 is 0 Å². The summed E-state index contributed by atoms with van der Waals surface area (Å²) in [5.74, 6) is -0.256. The standard InChI is InChI=1S/C19H14Cl2FN3O3/c1-11(18(26)25-17-15(21)3-2-8-23-17)27-13-4-6-14(7-5-13)28-19-16(22)9-12(20)10-24-19/h2-11H,1H3,(H,23,25,26). The van der Waals surface area contributed by atoms with Crippen LogP contribution < -0.4 is 14.8 Å². The third-order valence-electron chi connectivity index (χ3n) is 3.49. The first kappa shape index (κ1) is 19.9. The lowest BCUT2D eigenvalue weighted by atomic mass is 10.3. The molecule has 9 heteroatoms. The fourth-order valence-electron chi connectivity index (χ4n) is 2.13. The number of halogens is 3. The third-order valence-corrected chi connectivity index (χ3v) is 4.01. The summed E-state index contributed by atoms with van der Waals surface area (Å²) in [6, 6.07) is 10.7. The van der Waals surface area contributed by atoms with E-state index in [0.29, 0.717) is 16.5 Å². The lowest BCUT2D eigenvalue weighted by Crippen LogP contribution is -2.30. The van der Waals surface area contributed by atoms with Gasteiger partial charge in [-0.3, -0.25) is 4.79 Å². The van der Waals surface area contributed by atoms with E-state index in [4.69, 9.17) is 32.7 Å². The molecular weight excluding hydrogens is 408 g/mol. The van der Waals surface area contributed by atoms with Gasteiger partial charge in [-0.25, -0.2) is 14.4 Å². The number of rotatable bonds is 6. The van der Waals surface area contributed by atoms with E-state index in [1.54, 1.807) is 43.3 Å². The zero-order valence-electron chi connectivity index (χ0n) is 14.5. The number of hydrogen-bond donors (Lipinski definition) is 1. The molecule has 28 heavy (non-hydrogen) atoms. The van der Waals surface area contributed by atoms with Gasteiger partial charge < -0.3 is 14.8 Å². The zero-order valence-corrected chi connectivity index (χ0v) is 16.0. The fourth-order valence-corrected chi connectivity index (χ4v) is 2.44.